The van der Waals surface area contributed by atoms with Crippen molar-refractivity contribution in [3.05, 3.63) is 52.9 Å². The Kier molecular flexibility index (Phi) is 5.35. The number of nitrogen functional groups attached to an aromatic ring is 1. The van der Waals surface area contributed by atoms with Gasteiger partial charge in [0, 0.05) is 23.7 Å². The van der Waals surface area contributed by atoms with Crippen molar-refractivity contribution in [3.63, 3.8) is 0 Å². The standard InChI is InChI=1S/C20H17F3N4S2/c1-11-6-13(15-9-26-19(24)27-17(15)20(21,22)23)8-14(7-11)16-10-25-18(29-16)12-2-4-28-5-3-12/h2,6-10H,3-5H2,1H3,(H2,24,26,27). The van der Waals surface area contributed by atoms with E-state index in [4.69, 9.17) is 5.73 Å². The van der Waals surface area contributed by atoms with Gasteiger partial charge in [-0.15, -0.1) is 11.3 Å². The fourth-order valence-electron chi connectivity index (χ4n) is 3.18. The van der Waals surface area contributed by atoms with E-state index < -0.39 is 17.8 Å². The van der Waals surface area contributed by atoms with E-state index in [1.165, 1.54) is 5.57 Å². The van der Waals surface area contributed by atoms with Crippen LogP contribution in [0.1, 0.15) is 22.7 Å². The fourth-order valence-corrected chi connectivity index (χ4v) is 5.00. The molecule has 4 nitrogen and oxygen atoms in total. The summed E-state index contributed by atoms with van der Waals surface area (Å²) in [6, 6.07) is 5.35. The molecular weight excluding hydrogens is 417 g/mol. The van der Waals surface area contributed by atoms with Crippen LogP contribution in [0.5, 0.6) is 0 Å². The summed E-state index contributed by atoms with van der Waals surface area (Å²) in [5, 5.41) is 0.968. The monoisotopic (exact) mass is 434 g/mol. The minimum atomic E-state index is -4.63. The molecule has 0 bridgehead atoms. The number of aromatic nitrogens is 3. The zero-order valence-corrected chi connectivity index (χ0v) is 17.1. The average molecular weight is 435 g/mol. The number of anilines is 1. The summed E-state index contributed by atoms with van der Waals surface area (Å²) in [6.07, 6.45) is 1.46. The summed E-state index contributed by atoms with van der Waals surface area (Å²) in [5.74, 6) is 1.66. The zero-order chi connectivity index (χ0) is 20.6. The van der Waals surface area contributed by atoms with Crippen molar-refractivity contribution in [3.8, 4) is 21.6 Å². The van der Waals surface area contributed by atoms with Crippen molar-refractivity contribution in [1.82, 2.24) is 15.0 Å². The van der Waals surface area contributed by atoms with E-state index in [0.29, 0.717) is 5.56 Å². The van der Waals surface area contributed by atoms with Gasteiger partial charge in [-0.25, -0.2) is 15.0 Å². The lowest BCUT2D eigenvalue weighted by Gasteiger charge is -2.13. The zero-order valence-electron chi connectivity index (χ0n) is 15.5. The topological polar surface area (TPSA) is 64.7 Å². The number of rotatable bonds is 3. The van der Waals surface area contributed by atoms with E-state index >= 15 is 0 Å². The van der Waals surface area contributed by atoms with Gasteiger partial charge in [-0.1, -0.05) is 18.2 Å². The van der Waals surface area contributed by atoms with Crippen LogP contribution in [0.2, 0.25) is 0 Å². The number of nitrogens with two attached hydrogens (primary N) is 1. The first-order chi connectivity index (χ1) is 13.8. The van der Waals surface area contributed by atoms with Crippen LogP contribution in [0, 0.1) is 6.92 Å². The molecule has 0 saturated carbocycles. The number of halogens is 3. The maximum absolute atomic E-state index is 13.5. The molecule has 1 aromatic carbocycles. The Morgan fingerprint density at radius 2 is 1.86 bits per heavy atom. The highest BCUT2D eigenvalue weighted by molar-refractivity contribution is 7.99. The number of alkyl halides is 3. The van der Waals surface area contributed by atoms with Gasteiger partial charge in [-0.3, -0.25) is 0 Å². The summed E-state index contributed by atoms with van der Waals surface area (Å²) in [7, 11) is 0. The molecule has 29 heavy (non-hydrogen) atoms. The molecular formula is C20H17F3N4S2. The number of hydrogen-bond acceptors (Lipinski definition) is 6. The molecule has 0 saturated heterocycles. The Balaban J connectivity index is 1.77. The number of thiazole rings is 1. The van der Waals surface area contributed by atoms with E-state index in [1.807, 2.05) is 24.8 Å². The quantitative estimate of drug-likeness (QED) is 0.573. The normalized spacial score (nSPS) is 14.7. The van der Waals surface area contributed by atoms with Gasteiger partial charge >= 0.3 is 6.18 Å². The highest BCUT2D eigenvalue weighted by atomic mass is 32.2. The number of benzene rings is 1. The van der Waals surface area contributed by atoms with Crippen molar-refractivity contribution in [1.29, 1.82) is 0 Å². The van der Waals surface area contributed by atoms with Crippen LogP contribution in [0.15, 0.2) is 36.7 Å². The molecule has 9 heteroatoms. The second kappa shape index (κ2) is 7.79. The van der Waals surface area contributed by atoms with Crippen LogP contribution in [0.3, 0.4) is 0 Å². The van der Waals surface area contributed by atoms with E-state index in [2.05, 4.69) is 21.0 Å². The lowest BCUT2D eigenvalue weighted by Crippen LogP contribution is -2.12. The SMILES string of the molecule is Cc1cc(-c2cnc(C3=CCSCC3)s2)cc(-c2cnc(N)nc2C(F)(F)F)c1. The van der Waals surface area contributed by atoms with Crippen molar-refractivity contribution >= 4 is 34.6 Å². The third-order valence-corrected chi connectivity index (χ3v) is 6.51. The number of hydrogen-bond donors (Lipinski definition) is 1. The Morgan fingerprint density at radius 1 is 1.07 bits per heavy atom. The smallest absolute Gasteiger partial charge is 0.368 e. The van der Waals surface area contributed by atoms with Crippen LogP contribution in [-0.4, -0.2) is 26.5 Å². The summed E-state index contributed by atoms with van der Waals surface area (Å²) < 4.78 is 40.5. The Bertz CT molecular complexity index is 1090. The van der Waals surface area contributed by atoms with Gasteiger partial charge in [-0.2, -0.15) is 24.9 Å². The van der Waals surface area contributed by atoms with Crippen molar-refractivity contribution in [2.75, 3.05) is 17.2 Å². The largest absolute Gasteiger partial charge is 0.434 e. The summed E-state index contributed by atoms with van der Waals surface area (Å²) in [6.45, 7) is 1.85. The Labute approximate surface area is 174 Å². The molecule has 0 amide bonds. The molecule has 2 N–H and O–H groups in total. The van der Waals surface area contributed by atoms with Gasteiger partial charge in [0.05, 0.1) is 4.88 Å². The first-order valence-corrected chi connectivity index (χ1v) is 10.8. The van der Waals surface area contributed by atoms with Gasteiger partial charge in [0.15, 0.2) is 5.69 Å². The molecule has 0 fully saturated rings. The minimum Gasteiger partial charge on any atom is -0.368 e. The fraction of sp³-hybridized carbons (Fsp3) is 0.250. The Morgan fingerprint density at radius 3 is 2.59 bits per heavy atom. The lowest BCUT2D eigenvalue weighted by molar-refractivity contribution is -0.140. The predicted molar refractivity (Wildman–Crippen MR) is 113 cm³/mol. The first-order valence-electron chi connectivity index (χ1n) is 8.86. The van der Waals surface area contributed by atoms with Gasteiger partial charge in [0.2, 0.25) is 5.95 Å². The molecule has 3 heterocycles. The molecule has 0 unspecified atom stereocenters. The minimum absolute atomic E-state index is 0.0894. The molecule has 0 aliphatic carbocycles. The summed E-state index contributed by atoms with van der Waals surface area (Å²) in [5.41, 5.74) is 7.56. The van der Waals surface area contributed by atoms with Crippen LogP contribution < -0.4 is 5.73 Å². The molecule has 0 spiro atoms. The van der Waals surface area contributed by atoms with E-state index in [-0.39, 0.29) is 5.56 Å². The van der Waals surface area contributed by atoms with Gasteiger partial charge in [0.25, 0.3) is 0 Å². The molecule has 1 aliphatic rings. The van der Waals surface area contributed by atoms with Gasteiger partial charge < -0.3 is 5.73 Å². The Hall–Kier alpha value is -2.39. The third kappa shape index (κ3) is 4.30. The number of allylic oxidation sites excluding steroid dienone is 1. The van der Waals surface area contributed by atoms with Crippen LogP contribution in [0.4, 0.5) is 19.1 Å². The first kappa shape index (κ1) is 19.9. The maximum Gasteiger partial charge on any atom is 0.434 e. The van der Waals surface area contributed by atoms with E-state index in [0.717, 1.165) is 45.1 Å². The lowest BCUT2D eigenvalue weighted by atomic mass is 9.99. The maximum atomic E-state index is 13.5. The van der Waals surface area contributed by atoms with Gasteiger partial charge in [-0.05, 0) is 47.4 Å². The second-order valence-electron chi connectivity index (χ2n) is 6.66. The van der Waals surface area contributed by atoms with Crippen LogP contribution in [0.25, 0.3) is 27.1 Å². The molecule has 0 atom stereocenters. The number of thioether (sulfide) groups is 1. The second-order valence-corrected chi connectivity index (χ2v) is 8.84. The summed E-state index contributed by atoms with van der Waals surface area (Å²) >= 11 is 3.45. The highest BCUT2D eigenvalue weighted by Gasteiger charge is 2.36. The number of nitrogens with zero attached hydrogens (tertiary/aromatic N) is 3. The van der Waals surface area contributed by atoms with Crippen LogP contribution in [-0.2, 0) is 6.18 Å². The van der Waals surface area contributed by atoms with Crippen molar-refractivity contribution in [2.24, 2.45) is 0 Å². The molecule has 2 aromatic heterocycles. The third-order valence-electron chi connectivity index (χ3n) is 4.49. The molecule has 1 aliphatic heterocycles. The average Bonchev–Trinajstić information content (AvgIpc) is 3.18. The molecule has 150 valence electrons. The van der Waals surface area contributed by atoms with E-state index in [1.54, 1.807) is 29.7 Å². The summed E-state index contributed by atoms with van der Waals surface area (Å²) in [4.78, 5) is 12.7. The highest BCUT2D eigenvalue weighted by Crippen LogP contribution is 2.39. The molecule has 0 radical (unpaired) electrons. The molecule has 3 aromatic rings. The van der Waals surface area contributed by atoms with Crippen LogP contribution >= 0.6 is 23.1 Å². The van der Waals surface area contributed by atoms with E-state index in [9.17, 15) is 13.2 Å². The molecule has 4 rings (SSSR count). The van der Waals surface area contributed by atoms with Crippen molar-refractivity contribution < 1.29 is 13.2 Å². The van der Waals surface area contributed by atoms with Crippen molar-refractivity contribution in [2.45, 2.75) is 19.5 Å². The number of aryl methyl sites for hydroxylation is 1. The van der Waals surface area contributed by atoms with Gasteiger partial charge in [0.1, 0.15) is 5.01 Å². The predicted octanol–water partition coefficient (Wildman–Crippen LogP) is 5.70.